The van der Waals surface area contributed by atoms with Crippen molar-refractivity contribution < 1.29 is 4.79 Å². The molecule has 0 aliphatic carbocycles. The third-order valence-corrected chi connectivity index (χ3v) is 6.89. The van der Waals surface area contributed by atoms with Gasteiger partial charge >= 0.3 is 0 Å². The number of rotatable bonds is 11. The number of carbonyl (C=O) groups excluding carboxylic acids is 1. The van der Waals surface area contributed by atoms with E-state index in [1.807, 2.05) is 26.1 Å². The van der Waals surface area contributed by atoms with E-state index < -0.39 is 0 Å². The number of aromatic nitrogens is 3. The van der Waals surface area contributed by atoms with Crippen molar-refractivity contribution in [3.8, 4) is 11.4 Å². The zero-order valence-corrected chi connectivity index (χ0v) is 23.5. The molecular formula is C29H40N6OS. The van der Waals surface area contributed by atoms with Crippen molar-refractivity contribution in [2.24, 2.45) is 0 Å². The number of carbonyl (C=O) groups is 1. The van der Waals surface area contributed by atoms with Gasteiger partial charge in [-0.25, -0.2) is 9.97 Å². The van der Waals surface area contributed by atoms with Gasteiger partial charge in [0.05, 0.1) is 23.3 Å². The first-order valence-electron chi connectivity index (χ1n) is 13.4. The van der Waals surface area contributed by atoms with Gasteiger partial charge in [0.15, 0.2) is 5.65 Å². The van der Waals surface area contributed by atoms with Gasteiger partial charge in [-0.3, -0.25) is 4.79 Å². The second-order valence-electron chi connectivity index (χ2n) is 8.47. The summed E-state index contributed by atoms with van der Waals surface area (Å²) in [5.41, 5.74) is 4.78. The normalized spacial score (nSPS) is 12.7. The van der Waals surface area contributed by atoms with Crippen molar-refractivity contribution in [1.29, 1.82) is 0 Å². The molecule has 2 aromatic heterocycles. The Balaban J connectivity index is 0.00000186. The molecule has 8 heteroatoms. The number of benzene rings is 1. The molecule has 0 bridgehead atoms. The summed E-state index contributed by atoms with van der Waals surface area (Å²) in [6, 6.07) is 10.2. The number of hydrogen-bond acceptors (Lipinski definition) is 6. The topological polar surface area (TPSA) is 85.9 Å². The monoisotopic (exact) mass is 520 g/mol. The maximum Gasteiger partial charge on any atom is 0.257 e. The van der Waals surface area contributed by atoms with Crippen LogP contribution in [-0.2, 0) is 0 Å². The Morgan fingerprint density at radius 3 is 2.57 bits per heavy atom. The predicted octanol–water partition coefficient (Wildman–Crippen LogP) is 6.48. The van der Waals surface area contributed by atoms with Crippen LogP contribution in [0, 0.1) is 0 Å². The average Bonchev–Trinajstić information content (AvgIpc) is 3.38. The largest absolute Gasteiger partial charge is 0.385 e. The lowest BCUT2D eigenvalue weighted by Gasteiger charge is -2.24. The summed E-state index contributed by atoms with van der Waals surface area (Å²) in [6.07, 6.45) is 9.03. The van der Waals surface area contributed by atoms with Crippen molar-refractivity contribution in [3.63, 3.8) is 0 Å². The van der Waals surface area contributed by atoms with Crippen LogP contribution >= 0.6 is 11.8 Å². The van der Waals surface area contributed by atoms with Gasteiger partial charge in [0, 0.05) is 35.4 Å². The molecule has 0 unspecified atom stereocenters. The minimum atomic E-state index is -0.171. The first-order valence-corrected chi connectivity index (χ1v) is 14.4. The van der Waals surface area contributed by atoms with E-state index in [2.05, 4.69) is 75.5 Å². The number of allylic oxidation sites excluding steroid dienone is 1. The Kier molecular flexibility index (Phi) is 11.1. The fraction of sp³-hybridized carbons (Fsp3) is 0.414. The van der Waals surface area contributed by atoms with Gasteiger partial charge in [0.25, 0.3) is 5.91 Å². The van der Waals surface area contributed by atoms with Crippen molar-refractivity contribution in [1.82, 2.24) is 25.6 Å². The van der Waals surface area contributed by atoms with Crippen LogP contribution in [0.5, 0.6) is 0 Å². The summed E-state index contributed by atoms with van der Waals surface area (Å²) in [5.74, 6) is 1.48. The number of amides is 1. The maximum atomic E-state index is 13.2. The van der Waals surface area contributed by atoms with E-state index in [0.717, 1.165) is 41.4 Å². The minimum Gasteiger partial charge on any atom is -0.385 e. The summed E-state index contributed by atoms with van der Waals surface area (Å²) in [4.78, 5) is 29.1. The lowest BCUT2D eigenvalue weighted by molar-refractivity contribution is 0.0966. The molecule has 1 aliphatic heterocycles. The molecule has 3 N–H and O–H groups in total. The molecular weight excluding hydrogens is 480 g/mol. The number of H-pyrrole nitrogens is 1. The second kappa shape index (κ2) is 14.5. The Morgan fingerprint density at radius 2 is 1.86 bits per heavy atom. The number of hydrogen-bond donors (Lipinski definition) is 3. The predicted molar refractivity (Wildman–Crippen MR) is 158 cm³/mol. The zero-order chi connectivity index (χ0) is 26.6. The number of anilines is 1. The Labute approximate surface area is 225 Å². The highest BCUT2D eigenvalue weighted by atomic mass is 32.2. The summed E-state index contributed by atoms with van der Waals surface area (Å²) >= 11 is 1.71. The van der Waals surface area contributed by atoms with E-state index in [1.54, 1.807) is 24.0 Å². The van der Waals surface area contributed by atoms with Crippen LogP contribution in [0.3, 0.4) is 0 Å². The molecule has 3 heterocycles. The van der Waals surface area contributed by atoms with E-state index in [1.165, 1.54) is 18.5 Å². The van der Waals surface area contributed by atoms with Gasteiger partial charge in [-0.2, -0.15) is 0 Å². The molecule has 1 aromatic carbocycles. The maximum absolute atomic E-state index is 13.2. The molecule has 198 valence electrons. The number of unbranched alkanes of at least 4 members (excludes halogenated alkanes) is 1. The SMILES string of the molecule is CC.CCCCN(CCC)c1ccc(-c2nc3nccc(C(=O)NC4=C(SCC)C=CNC4)c3[nH]2)cc1. The highest BCUT2D eigenvalue weighted by Crippen LogP contribution is 2.26. The molecule has 0 atom stereocenters. The summed E-state index contributed by atoms with van der Waals surface area (Å²) in [7, 11) is 0. The smallest absolute Gasteiger partial charge is 0.257 e. The molecule has 1 amide bonds. The Hall–Kier alpha value is -3.26. The van der Waals surface area contributed by atoms with Crippen molar-refractivity contribution in [2.45, 2.75) is 53.9 Å². The van der Waals surface area contributed by atoms with Crippen LogP contribution in [0.15, 0.2) is 59.4 Å². The third-order valence-electron chi connectivity index (χ3n) is 5.91. The van der Waals surface area contributed by atoms with Crippen LogP contribution in [0.1, 0.15) is 64.2 Å². The van der Waals surface area contributed by atoms with E-state index in [9.17, 15) is 4.79 Å². The number of fused-ring (bicyclic) bond motifs is 1. The molecule has 0 radical (unpaired) electrons. The van der Waals surface area contributed by atoms with Crippen molar-refractivity contribution in [3.05, 3.63) is 65.0 Å². The highest BCUT2D eigenvalue weighted by Gasteiger charge is 2.18. The lowest BCUT2D eigenvalue weighted by atomic mass is 10.1. The highest BCUT2D eigenvalue weighted by molar-refractivity contribution is 8.03. The summed E-state index contributed by atoms with van der Waals surface area (Å²) in [5, 5.41) is 6.26. The van der Waals surface area contributed by atoms with Gasteiger partial charge in [-0.1, -0.05) is 41.0 Å². The Bertz CT molecular complexity index is 1210. The standard InChI is InChI=1S/C27H34N6OS.C2H6/c1-4-7-17-33(16-5-2)20-10-8-19(9-11-20)25-31-24-21(12-15-29-26(24)32-25)27(34)30-22-18-28-14-13-23(22)35-6-3;1-2/h8-15,28H,4-7,16-18H2,1-3H3,(H,30,34)(H,29,31,32);1-2H3. The number of thioether (sulfide) groups is 1. The lowest BCUT2D eigenvalue weighted by Crippen LogP contribution is -2.31. The fourth-order valence-corrected chi connectivity index (χ4v) is 4.91. The molecule has 0 saturated carbocycles. The van der Waals surface area contributed by atoms with Gasteiger partial charge in [-0.05, 0) is 61.2 Å². The van der Waals surface area contributed by atoms with Gasteiger partial charge < -0.3 is 20.5 Å². The molecule has 0 fully saturated rings. The van der Waals surface area contributed by atoms with E-state index in [-0.39, 0.29) is 5.91 Å². The molecule has 0 spiro atoms. The molecule has 1 aliphatic rings. The number of nitrogens with zero attached hydrogens (tertiary/aromatic N) is 3. The number of imidazole rings is 1. The molecule has 7 nitrogen and oxygen atoms in total. The molecule has 3 aromatic rings. The first kappa shape index (κ1) is 28.3. The molecule has 0 saturated heterocycles. The molecule has 37 heavy (non-hydrogen) atoms. The Morgan fingerprint density at radius 1 is 1.08 bits per heavy atom. The van der Waals surface area contributed by atoms with Crippen LogP contribution < -0.4 is 15.5 Å². The van der Waals surface area contributed by atoms with E-state index in [0.29, 0.717) is 29.1 Å². The van der Waals surface area contributed by atoms with Gasteiger partial charge in [-0.15, -0.1) is 11.8 Å². The van der Waals surface area contributed by atoms with Crippen molar-refractivity contribution in [2.75, 3.05) is 30.3 Å². The first-order chi connectivity index (χ1) is 18.1. The van der Waals surface area contributed by atoms with Gasteiger partial charge in [0.2, 0.25) is 0 Å². The number of pyridine rings is 1. The van der Waals surface area contributed by atoms with Gasteiger partial charge in [0.1, 0.15) is 5.82 Å². The number of nitrogens with one attached hydrogen (secondary N) is 3. The van der Waals surface area contributed by atoms with E-state index in [4.69, 9.17) is 0 Å². The number of aromatic amines is 1. The molecule has 4 rings (SSSR count). The van der Waals surface area contributed by atoms with E-state index >= 15 is 0 Å². The minimum absolute atomic E-state index is 0.171. The third kappa shape index (κ3) is 7.16. The fourth-order valence-electron chi connectivity index (χ4n) is 4.14. The van der Waals surface area contributed by atoms with Crippen LogP contribution in [0.25, 0.3) is 22.6 Å². The zero-order valence-electron chi connectivity index (χ0n) is 22.7. The number of dihydropyridines is 1. The summed E-state index contributed by atoms with van der Waals surface area (Å²) in [6.45, 7) is 13.2. The van der Waals surface area contributed by atoms with Crippen molar-refractivity contribution >= 4 is 34.5 Å². The summed E-state index contributed by atoms with van der Waals surface area (Å²) < 4.78 is 0. The second-order valence-corrected chi connectivity index (χ2v) is 9.78. The van der Waals surface area contributed by atoms with Crippen LogP contribution in [-0.4, -0.2) is 46.2 Å². The van der Waals surface area contributed by atoms with Crippen LogP contribution in [0.4, 0.5) is 5.69 Å². The van der Waals surface area contributed by atoms with Crippen LogP contribution in [0.2, 0.25) is 0 Å². The quantitative estimate of drug-likeness (QED) is 0.268. The average molecular weight is 521 g/mol.